The van der Waals surface area contributed by atoms with Gasteiger partial charge in [0.2, 0.25) is 5.95 Å². The molecule has 82 valence electrons. The van der Waals surface area contributed by atoms with Gasteiger partial charge < -0.3 is 5.32 Å². The second-order valence-electron chi connectivity index (χ2n) is 3.35. The summed E-state index contributed by atoms with van der Waals surface area (Å²) in [5.41, 5.74) is 2.00. The van der Waals surface area contributed by atoms with Crippen LogP contribution < -0.4 is 5.32 Å². The molecule has 0 saturated carbocycles. The Bertz CT molecular complexity index is 471. The summed E-state index contributed by atoms with van der Waals surface area (Å²) in [5, 5.41) is 3.17. The van der Waals surface area contributed by atoms with E-state index < -0.39 is 0 Å². The van der Waals surface area contributed by atoms with E-state index in [0.29, 0.717) is 5.95 Å². The zero-order chi connectivity index (χ0) is 11.4. The standard InChI is InChI=1S/C12H12BrN3/c1-2-9-8-11(13)16-12(14-9)15-10-6-4-3-5-7-10/h3-8H,2H2,1H3,(H,14,15,16). The largest absolute Gasteiger partial charge is 0.324 e. The highest BCUT2D eigenvalue weighted by atomic mass is 79.9. The van der Waals surface area contributed by atoms with Gasteiger partial charge in [-0.3, -0.25) is 0 Å². The lowest BCUT2D eigenvalue weighted by Crippen LogP contribution is -1.99. The zero-order valence-corrected chi connectivity index (χ0v) is 10.5. The summed E-state index contributed by atoms with van der Waals surface area (Å²) >= 11 is 3.38. The van der Waals surface area contributed by atoms with Crippen LogP contribution in [0.3, 0.4) is 0 Å². The van der Waals surface area contributed by atoms with Crippen molar-refractivity contribution < 1.29 is 0 Å². The number of benzene rings is 1. The summed E-state index contributed by atoms with van der Waals surface area (Å²) in [6.07, 6.45) is 0.893. The lowest BCUT2D eigenvalue weighted by atomic mass is 10.3. The Kier molecular flexibility index (Phi) is 3.51. The average Bonchev–Trinajstić information content (AvgIpc) is 2.29. The molecule has 0 atom stereocenters. The third kappa shape index (κ3) is 2.79. The SMILES string of the molecule is CCc1cc(Br)nc(Nc2ccccc2)n1. The molecule has 0 spiro atoms. The summed E-state index contributed by atoms with van der Waals surface area (Å²) < 4.78 is 0.804. The predicted molar refractivity (Wildman–Crippen MR) is 68.8 cm³/mol. The molecule has 0 fully saturated rings. The molecule has 0 amide bonds. The van der Waals surface area contributed by atoms with Crippen LogP contribution in [0.2, 0.25) is 0 Å². The number of hydrogen-bond donors (Lipinski definition) is 1. The monoisotopic (exact) mass is 277 g/mol. The van der Waals surface area contributed by atoms with Crippen molar-refractivity contribution in [2.45, 2.75) is 13.3 Å². The first kappa shape index (κ1) is 11.1. The van der Waals surface area contributed by atoms with Crippen molar-refractivity contribution in [2.24, 2.45) is 0 Å². The van der Waals surface area contributed by atoms with E-state index in [9.17, 15) is 0 Å². The van der Waals surface area contributed by atoms with E-state index in [4.69, 9.17) is 0 Å². The molecule has 1 aromatic heterocycles. The molecule has 1 aromatic carbocycles. The summed E-state index contributed by atoms with van der Waals surface area (Å²) in [5.74, 6) is 0.623. The van der Waals surface area contributed by atoms with Gasteiger partial charge in [0.1, 0.15) is 4.60 Å². The predicted octanol–water partition coefficient (Wildman–Crippen LogP) is 3.55. The number of anilines is 2. The number of nitrogens with zero attached hydrogens (tertiary/aromatic N) is 2. The minimum Gasteiger partial charge on any atom is -0.324 e. The van der Waals surface area contributed by atoms with Crippen molar-refractivity contribution in [3.8, 4) is 0 Å². The molecule has 16 heavy (non-hydrogen) atoms. The minimum atomic E-state index is 0.623. The van der Waals surface area contributed by atoms with E-state index in [1.807, 2.05) is 36.4 Å². The van der Waals surface area contributed by atoms with Crippen molar-refractivity contribution in [3.63, 3.8) is 0 Å². The topological polar surface area (TPSA) is 37.8 Å². The molecule has 3 nitrogen and oxygen atoms in total. The summed E-state index contributed by atoms with van der Waals surface area (Å²) in [4.78, 5) is 8.67. The highest BCUT2D eigenvalue weighted by molar-refractivity contribution is 9.10. The van der Waals surface area contributed by atoms with E-state index in [2.05, 4.69) is 38.1 Å². The molecule has 0 radical (unpaired) electrons. The molecule has 0 aliphatic heterocycles. The molecule has 0 unspecified atom stereocenters. The molecule has 2 aromatic rings. The highest BCUT2D eigenvalue weighted by Gasteiger charge is 2.01. The number of aromatic nitrogens is 2. The van der Waals surface area contributed by atoms with E-state index in [1.54, 1.807) is 0 Å². The van der Waals surface area contributed by atoms with Gasteiger partial charge in [0.15, 0.2) is 0 Å². The van der Waals surface area contributed by atoms with Gasteiger partial charge in [0, 0.05) is 11.4 Å². The molecular weight excluding hydrogens is 266 g/mol. The maximum atomic E-state index is 4.40. The Morgan fingerprint density at radius 1 is 1.19 bits per heavy atom. The zero-order valence-electron chi connectivity index (χ0n) is 8.94. The smallest absolute Gasteiger partial charge is 0.228 e. The van der Waals surface area contributed by atoms with Crippen molar-refractivity contribution in [1.82, 2.24) is 9.97 Å². The fraction of sp³-hybridized carbons (Fsp3) is 0.167. The second-order valence-corrected chi connectivity index (χ2v) is 4.16. The fourth-order valence-electron chi connectivity index (χ4n) is 1.35. The Balaban J connectivity index is 2.24. The molecule has 4 heteroatoms. The number of para-hydroxylation sites is 1. The normalized spacial score (nSPS) is 10.1. The molecule has 0 aliphatic rings. The number of halogens is 1. The third-order valence-corrected chi connectivity index (χ3v) is 2.55. The number of rotatable bonds is 3. The Morgan fingerprint density at radius 2 is 1.94 bits per heavy atom. The van der Waals surface area contributed by atoms with E-state index >= 15 is 0 Å². The van der Waals surface area contributed by atoms with E-state index in [-0.39, 0.29) is 0 Å². The lowest BCUT2D eigenvalue weighted by molar-refractivity contribution is 0.993. The van der Waals surface area contributed by atoms with Crippen LogP contribution in [0, 0.1) is 0 Å². The summed E-state index contributed by atoms with van der Waals surface area (Å²) in [6.45, 7) is 2.07. The number of aryl methyl sites for hydroxylation is 1. The van der Waals surface area contributed by atoms with E-state index in [0.717, 1.165) is 22.4 Å². The van der Waals surface area contributed by atoms with Crippen LogP contribution in [0.1, 0.15) is 12.6 Å². The van der Waals surface area contributed by atoms with Gasteiger partial charge in [-0.05, 0) is 40.5 Å². The van der Waals surface area contributed by atoms with Crippen LogP contribution in [0.4, 0.5) is 11.6 Å². The Morgan fingerprint density at radius 3 is 2.62 bits per heavy atom. The van der Waals surface area contributed by atoms with Crippen LogP contribution in [-0.2, 0) is 6.42 Å². The highest BCUT2D eigenvalue weighted by Crippen LogP contribution is 2.16. The Hall–Kier alpha value is -1.42. The van der Waals surface area contributed by atoms with Gasteiger partial charge in [0.25, 0.3) is 0 Å². The molecule has 2 rings (SSSR count). The quantitative estimate of drug-likeness (QED) is 0.872. The maximum absolute atomic E-state index is 4.40. The molecule has 0 bridgehead atoms. The van der Waals surface area contributed by atoms with Crippen molar-refractivity contribution in [3.05, 3.63) is 46.7 Å². The minimum absolute atomic E-state index is 0.623. The van der Waals surface area contributed by atoms with Crippen LogP contribution >= 0.6 is 15.9 Å². The van der Waals surface area contributed by atoms with Gasteiger partial charge in [-0.25, -0.2) is 9.97 Å². The fourth-order valence-corrected chi connectivity index (χ4v) is 1.78. The molecular formula is C12H12BrN3. The first-order valence-corrected chi connectivity index (χ1v) is 5.93. The molecule has 0 aliphatic carbocycles. The second kappa shape index (κ2) is 5.07. The van der Waals surface area contributed by atoms with Crippen molar-refractivity contribution >= 4 is 27.6 Å². The van der Waals surface area contributed by atoms with Crippen LogP contribution in [-0.4, -0.2) is 9.97 Å². The maximum Gasteiger partial charge on any atom is 0.228 e. The van der Waals surface area contributed by atoms with Gasteiger partial charge >= 0.3 is 0 Å². The first-order valence-electron chi connectivity index (χ1n) is 5.13. The number of nitrogens with one attached hydrogen (secondary N) is 1. The van der Waals surface area contributed by atoms with Crippen LogP contribution in [0.5, 0.6) is 0 Å². The van der Waals surface area contributed by atoms with Gasteiger partial charge in [-0.2, -0.15) is 0 Å². The first-order chi connectivity index (χ1) is 7.78. The van der Waals surface area contributed by atoms with E-state index in [1.165, 1.54) is 0 Å². The number of hydrogen-bond acceptors (Lipinski definition) is 3. The lowest BCUT2D eigenvalue weighted by Gasteiger charge is -2.06. The van der Waals surface area contributed by atoms with Crippen molar-refractivity contribution in [2.75, 3.05) is 5.32 Å². The average molecular weight is 278 g/mol. The van der Waals surface area contributed by atoms with Gasteiger partial charge in [-0.15, -0.1) is 0 Å². The van der Waals surface area contributed by atoms with Crippen molar-refractivity contribution in [1.29, 1.82) is 0 Å². The van der Waals surface area contributed by atoms with Crippen LogP contribution in [0.15, 0.2) is 41.0 Å². The third-order valence-electron chi connectivity index (χ3n) is 2.14. The summed E-state index contributed by atoms with van der Waals surface area (Å²) in [6, 6.07) is 11.8. The molecule has 1 heterocycles. The van der Waals surface area contributed by atoms with Crippen LogP contribution in [0.25, 0.3) is 0 Å². The summed E-state index contributed by atoms with van der Waals surface area (Å²) in [7, 11) is 0. The molecule has 1 N–H and O–H groups in total. The van der Waals surface area contributed by atoms with Gasteiger partial charge in [0.05, 0.1) is 0 Å². The molecule has 0 saturated heterocycles. The Labute approximate surface area is 103 Å². The van der Waals surface area contributed by atoms with Gasteiger partial charge in [-0.1, -0.05) is 25.1 Å².